The molecule has 1 aromatic carbocycles. The second-order valence-corrected chi connectivity index (χ2v) is 7.36. The van der Waals surface area contributed by atoms with E-state index < -0.39 is 16.0 Å². The van der Waals surface area contributed by atoms with Crippen molar-refractivity contribution in [1.29, 1.82) is 0 Å². The van der Waals surface area contributed by atoms with Gasteiger partial charge in [-0.2, -0.15) is 4.31 Å². The van der Waals surface area contributed by atoms with Crippen molar-refractivity contribution in [2.75, 3.05) is 13.1 Å². The van der Waals surface area contributed by atoms with Crippen molar-refractivity contribution < 1.29 is 22.4 Å². The molecule has 24 heavy (non-hydrogen) atoms. The molecular formula is C15H17N3O5S. The molecular weight excluding hydrogens is 334 g/mol. The van der Waals surface area contributed by atoms with Crippen molar-refractivity contribution in [2.24, 2.45) is 0 Å². The lowest BCUT2D eigenvalue weighted by Crippen LogP contribution is -2.27. The minimum atomic E-state index is -3.49. The number of carbonyl (C=O) groups excluding carboxylic acids is 1. The van der Waals surface area contributed by atoms with E-state index in [-0.39, 0.29) is 23.0 Å². The molecule has 1 saturated heterocycles. The first-order valence-electron chi connectivity index (χ1n) is 7.53. The molecule has 3 rings (SSSR count). The molecule has 1 fully saturated rings. The normalized spacial score (nSPS) is 15.5. The zero-order valence-corrected chi connectivity index (χ0v) is 14.0. The summed E-state index contributed by atoms with van der Waals surface area (Å²) >= 11 is 0. The van der Waals surface area contributed by atoms with Gasteiger partial charge in [0.05, 0.1) is 10.5 Å². The lowest BCUT2D eigenvalue weighted by molar-refractivity contribution is 0.0436. The summed E-state index contributed by atoms with van der Waals surface area (Å²) in [7, 11) is -3.49. The predicted molar refractivity (Wildman–Crippen MR) is 82.6 cm³/mol. The summed E-state index contributed by atoms with van der Waals surface area (Å²) in [5.41, 5.74) is 0.256. The number of nitrogens with zero attached hydrogens (tertiary/aromatic N) is 3. The highest BCUT2D eigenvalue weighted by Gasteiger charge is 2.27. The summed E-state index contributed by atoms with van der Waals surface area (Å²) in [5, 5.41) is 7.36. The highest BCUT2D eigenvalue weighted by molar-refractivity contribution is 7.89. The lowest BCUT2D eigenvalue weighted by atomic mass is 10.2. The van der Waals surface area contributed by atoms with Crippen LogP contribution in [-0.2, 0) is 21.4 Å². The molecule has 0 N–H and O–H groups in total. The third-order valence-electron chi connectivity index (χ3n) is 3.69. The van der Waals surface area contributed by atoms with E-state index in [0.29, 0.717) is 19.0 Å². The van der Waals surface area contributed by atoms with Crippen LogP contribution in [0.15, 0.2) is 33.6 Å². The summed E-state index contributed by atoms with van der Waals surface area (Å²) < 4.78 is 36.4. The van der Waals surface area contributed by atoms with Crippen molar-refractivity contribution in [2.45, 2.75) is 31.3 Å². The van der Waals surface area contributed by atoms with Crippen LogP contribution in [0.1, 0.15) is 35.0 Å². The number of hydrogen-bond acceptors (Lipinski definition) is 7. The van der Waals surface area contributed by atoms with Gasteiger partial charge in [-0.1, -0.05) is 0 Å². The van der Waals surface area contributed by atoms with Gasteiger partial charge < -0.3 is 9.15 Å². The molecule has 0 radical (unpaired) electrons. The van der Waals surface area contributed by atoms with Crippen LogP contribution >= 0.6 is 0 Å². The summed E-state index contributed by atoms with van der Waals surface area (Å²) in [6.07, 6.45) is 1.75. The van der Waals surface area contributed by atoms with E-state index in [2.05, 4.69) is 10.2 Å². The number of benzene rings is 1. The van der Waals surface area contributed by atoms with Gasteiger partial charge in [-0.25, -0.2) is 13.2 Å². The van der Waals surface area contributed by atoms with E-state index in [9.17, 15) is 13.2 Å². The first-order valence-corrected chi connectivity index (χ1v) is 8.97. The summed E-state index contributed by atoms with van der Waals surface area (Å²) in [4.78, 5) is 12.1. The van der Waals surface area contributed by atoms with E-state index in [1.54, 1.807) is 6.92 Å². The van der Waals surface area contributed by atoms with Gasteiger partial charge >= 0.3 is 5.97 Å². The average molecular weight is 351 g/mol. The molecule has 0 saturated carbocycles. The maximum absolute atomic E-state index is 12.4. The molecule has 1 aliphatic rings. The van der Waals surface area contributed by atoms with Gasteiger partial charge in [0.25, 0.3) is 5.89 Å². The largest absolute Gasteiger partial charge is 0.452 e. The van der Waals surface area contributed by atoms with Gasteiger partial charge in [-0.05, 0) is 37.1 Å². The Balaban J connectivity index is 1.66. The maximum Gasteiger partial charge on any atom is 0.338 e. The van der Waals surface area contributed by atoms with Gasteiger partial charge in [0.15, 0.2) is 6.61 Å². The fraction of sp³-hybridized carbons (Fsp3) is 0.400. The number of sulfonamides is 1. The number of carbonyl (C=O) groups is 1. The number of ether oxygens (including phenoxy) is 1. The van der Waals surface area contributed by atoms with Crippen LogP contribution in [-0.4, -0.2) is 42.0 Å². The van der Waals surface area contributed by atoms with E-state index in [0.717, 1.165) is 12.8 Å². The number of rotatable bonds is 5. The van der Waals surface area contributed by atoms with Crippen LogP contribution < -0.4 is 0 Å². The van der Waals surface area contributed by atoms with Crippen molar-refractivity contribution in [3.63, 3.8) is 0 Å². The van der Waals surface area contributed by atoms with Gasteiger partial charge in [0.2, 0.25) is 15.9 Å². The number of aryl methyl sites for hydroxylation is 1. The Morgan fingerprint density at radius 3 is 2.46 bits per heavy atom. The minimum absolute atomic E-state index is 0.131. The van der Waals surface area contributed by atoms with Gasteiger partial charge in [-0.3, -0.25) is 0 Å². The monoisotopic (exact) mass is 351 g/mol. The highest BCUT2D eigenvalue weighted by atomic mass is 32.2. The van der Waals surface area contributed by atoms with Crippen LogP contribution in [0.4, 0.5) is 0 Å². The summed E-state index contributed by atoms with van der Waals surface area (Å²) in [6, 6.07) is 5.71. The lowest BCUT2D eigenvalue weighted by Gasteiger charge is -2.15. The molecule has 9 heteroatoms. The first kappa shape index (κ1) is 16.6. The van der Waals surface area contributed by atoms with Crippen LogP contribution in [0.3, 0.4) is 0 Å². The molecule has 0 amide bonds. The Morgan fingerprint density at radius 1 is 1.21 bits per heavy atom. The molecule has 1 aromatic heterocycles. The standard InChI is InChI=1S/C15H17N3O5S/c1-11-16-17-14(23-11)10-22-15(19)12-4-6-13(7-5-12)24(20,21)18-8-2-3-9-18/h4-7H,2-3,8-10H2,1H3. The molecule has 128 valence electrons. The zero-order chi connectivity index (χ0) is 17.2. The molecule has 0 atom stereocenters. The van der Waals surface area contributed by atoms with Gasteiger partial charge in [0.1, 0.15) is 0 Å². The molecule has 8 nitrogen and oxygen atoms in total. The Labute approximate surface area is 139 Å². The van der Waals surface area contributed by atoms with Crippen LogP contribution in [0.25, 0.3) is 0 Å². The molecule has 0 spiro atoms. The summed E-state index contributed by atoms with van der Waals surface area (Å²) in [5.74, 6) is 0.00239. The number of hydrogen-bond donors (Lipinski definition) is 0. The Hall–Kier alpha value is -2.26. The van der Waals surface area contributed by atoms with E-state index in [4.69, 9.17) is 9.15 Å². The smallest absolute Gasteiger partial charge is 0.338 e. The number of esters is 1. The second kappa shape index (κ2) is 6.70. The van der Waals surface area contributed by atoms with Crippen molar-refractivity contribution in [3.8, 4) is 0 Å². The van der Waals surface area contributed by atoms with Crippen molar-refractivity contribution >= 4 is 16.0 Å². The second-order valence-electron chi connectivity index (χ2n) is 5.43. The number of aromatic nitrogens is 2. The fourth-order valence-corrected chi connectivity index (χ4v) is 3.96. The Morgan fingerprint density at radius 2 is 1.88 bits per heavy atom. The van der Waals surface area contributed by atoms with Crippen molar-refractivity contribution in [3.05, 3.63) is 41.6 Å². The summed E-state index contributed by atoms with van der Waals surface area (Å²) in [6.45, 7) is 2.58. The Kier molecular flexibility index (Phi) is 4.63. The maximum atomic E-state index is 12.4. The molecule has 2 heterocycles. The average Bonchev–Trinajstić information content (AvgIpc) is 3.24. The van der Waals surface area contributed by atoms with Crippen LogP contribution in [0.2, 0.25) is 0 Å². The molecule has 0 unspecified atom stereocenters. The quantitative estimate of drug-likeness (QED) is 0.752. The molecule has 0 bridgehead atoms. The van der Waals surface area contributed by atoms with Crippen LogP contribution in [0.5, 0.6) is 0 Å². The van der Waals surface area contributed by atoms with E-state index in [1.165, 1.54) is 28.6 Å². The predicted octanol–water partition coefficient (Wildman–Crippen LogP) is 1.52. The third-order valence-corrected chi connectivity index (χ3v) is 5.60. The van der Waals surface area contributed by atoms with Crippen LogP contribution in [0, 0.1) is 6.92 Å². The molecule has 1 aliphatic heterocycles. The zero-order valence-electron chi connectivity index (χ0n) is 13.1. The van der Waals surface area contributed by atoms with E-state index >= 15 is 0 Å². The van der Waals surface area contributed by atoms with E-state index in [1.807, 2.05) is 0 Å². The highest BCUT2D eigenvalue weighted by Crippen LogP contribution is 2.21. The first-order chi connectivity index (χ1) is 11.5. The fourth-order valence-electron chi connectivity index (χ4n) is 2.45. The SMILES string of the molecule is Cc1nnc(COC(=O)c2ccc(S(=O)(=O)N3CCCC3)cc2)o1. The topological polar surface area (TPSA) is 103 Å². The van der Waals surface area contributed by atoms with Gasteiger partial charge in [0, 0.05) is 20.0 Å². The molecule has 2 aromatic rings. The molecule has 0 aliphatic carbocycles. The minimum Gasteiger partial charge on any atom is -0.452 e. The Bertz CT molecular complexity index is 823. The van der Waals surface area contributed by atoms with Gasteiger partial charge in [-0.15, -0.1) is 10.2 Å². The van der Waals surface area contributed by atoms with Crippen molar-refractivity contribution in [1.82, 2.24) is 14.5 Å². The third kappa shape index (κ3) is 3.46.